The average Bonchev–Trinajstić information content (AvgIpc) is 2.57. The Morgan fingerprint density at radius 1 is 1.18 bits per heavy atom. The van der Waals surface area contributed by atoms with E-state index < -0.39 is 0 Å². The van der Waals surface area contributed by atoms with Crippen LogP contribution in [-0.4, -0.2) is 24.0 Å². The Bertz CT molecular complexity index is 598. The molecule has 2 rings (SSSR count). The summed E-state index contributed by atoms with van der Waals surface area (Å²) >= 11 is 0. The van der Waals surface area contributed by atoms with Crippen LogP contribution in [-0.2, 0) is 0 Å². The molecule has 116 valence electrons. The number of benzene rings is 1. The zero-order valence-electron chi connectivity index (χ0n) is 13.2. The van der Waals surface area contributed by atoms with Gasteiger partial charge in [0.05, 0.1) is 0 Å². The summed E-state index contributed by atoms with van der Waals surface area (Å²) in [5.74, 6) is -0.0761. The lowest BCUT2D eigenvalue weighted by Gasteiger charge is -2.20. The van der Waals surface area contributed by atoms with Gasteiger partial charge in [-0.05, 0) is 37.6 Å². The summed E-state index contributed by atoms with van der Waals surface area (Å²) < 4.78 is 0. The van der Waals surface area contributed by atoms with E-state index in [2.05, 4.69) is 17.2 Å². The Kier molecular flexibility index (Phi) is 5.95. The lowest BCUT2D eigenvalue weighted by molar-refractivity contribution is 0.0983. The van der Waals surface area contributed by atoms with E-state index in [1.807, 2.05) is 49.4 Å². The van der Waals surface area contributed by atoms with Crippen LogP contribution in [0.15, 0.2) is 48.7 Å². The Morgan fingerprint density at radius 2 is 1.95 bits per heavy atom. The van der Waals surface area contributed by atoms with Crippen molar-refractivity contribution in [2.24, 2.45) is 0 Å². The summed E-state index contributed by atoms with van der Waals surface area (Å²) in [4.78, 5) is 18.7. The van der Waals surface area contributed by atoms with E-state index in [0.717, 1.165) is 30.8 Å². The van der Waals surface area contributed by atoms with Gasteiger partial charge >= 0.3 is 0 Å². The zero-order valence-corrected chi connectivity index (χ0v) is 13.2. The van der Waals surface area contributed by atoms with Gasteiger partial charge in [0.1, 0.15) is 5.69 Å². The molecule has 0 aliphatic carbocycles. The standard InChI is InChI=1S/C18H23N3O/c1-3-5-12-19-15-11-13-20-17(14-15)18(22)21(4-2)16-9-7-6-8-10-16/h6-11,13-14H,3-5,12H2,1-2H3,(H,19,20). The number of hydrogen-bond acceptors (Lipinski definition) is 3. The first-order chi connectivity index (χ1) is 10.8. The Labute approximate surface area is 132 Å². The van der Waals surface area contributed by atoms with Gasteiger partial charge in [0.15, 0.2) is 0 Å². The first kappa shape index (κ1) is 16.0. The van der Waals surface area contributed by atoms with Crippen LogP contribution < -0.4 is 10.2 Å². The molecule has 1 aromatic heterocycles. The van der Waals surface area contributed by atoms with Crippen molar-refractivity contribution >= 4 is 17.3 Å². The molecule has 0 saturated carbocycles. The molecule has 1 amide bonds. The van der Waals surface area contributed by atoms with Crippen molar-refractivity contribution < 1.29 is 4.79 Å². The summed E-state index contributed by atoms with van der Waals surface area (Å²) in [5.41, 5.74) is 2.30. The lowest BCUT2D eigenvalue weighted by Crippen LogP contribution is -2.31. The lowest BCUT2D eigenvalue weighted by atomic mass is 10.2. The fourth-order valence-electron chi connectivity index (χ4n) is 2.26. The molecule has 0 spiro atoms. The normalized spacial score (nSPS) is 10.3. The van der Waals surface area contributed by atoms with E-state index in [1.165, 1.54) is 0 Å². The van der Waals surface area contributed by atoms with Gasteiger partial charge in [0.2, 0.25) is 0 Å². The molecule has 0 fully saturated rings. The molecule has 4 heteroatoms. The van der Waals surface area contributed by atoms with Crippen molar-refractivity contribution in [2.45, 2.75) is 26.7 Å². The maximum atomic E-state index is 12.7. The number of anilines is 2. The van der Waals surface area contributed by atoms with E-state index in [0.29, 0.717) is 12.2 Å². The van der Waals surface area contributed by atoms with Gasteiger partial charge < -0.3 is 10.2 Å². The van der Waals surface area contributed by atoms with Crippen LogP contribution in [0.1, 0.15) is 37.2 Å². The van der Waals surface area contributed by atoms with E-state index in [-0.39, 0.29) is 5.91 Å². The van der Waals surface area contributed by atoms with Crippen molar-refractivity contribution in [3.05, 3.63) is 54.4 Å². The zero-order chi connectivity index (χ0) is 15.8. The van der Waals surface area contributed by atoms with E-state index in [9.17, 15) is 4.79 Å². The number of carbonyl (C=O) groups is 1. The largest absolute Gasteiger partial charge is 0.385 e. The summed E-state index contributed by atoms with van der Waals surface area (Å²) in [7, 11) is 0. The van der Waals surface area contributed by atoms with Gasteiger partial charge in [-0.1, -0.05) is 31.5 Å². The molecule has 0 radical (unpaired) electrons. The number of hydrogen-bond donors (Lipinski definition) is 1. The SMILES string of the molecule is CCCCNc1ccnc(C(=O)N(CC)c2ccccc2)c1. The minimum Gasteiger partial charge on any atom is -0.385 e. The van der Waals surface area contributed by atoms with Crippen LogP contribution in [0.5, 0.6) is 0 Å². The second kappa shape index (κ2) is 8.17. The van der Waals surface area contributed by atoms with Crippen LogP contribution in [0.3, 0.4) is 0 Å². The molecule has 0 bridgehead atoms. The average molecular weight is 297 g/mol. The fourth-order valence-corrected chi connectivity index (χ4v) is 2.26. The van der Waals surface area contributed by atoms with Crippen LogP contribution in [0, 0.1) is 0 Å². The first-order valence-electron chi connectivity index (χ1n) is 7.83. The minimum atomic E-state index is -0.0761. The number of para-hydroxylation sites is 1. The smallest absolute Gasteiger partial charge is 0.276 e. The molecule has 1 N–H and O–H groups in total. The highest BCUT2D eigenvalue weighted by Gasteiger charge is 2.17. The molecule has 0 saturated heterocycles. The summed E-state index contributed by atoms with van der Waals surface area (Å²) in [5, 5.41) is 3.33. The second-order valence-electron chi connectivity index (χ2n) is 5.10. The summed E-state index contributed by atoms with van der Waals surface area (Å²) in [6.07, 6.45) is 3.93. The first-order valence-corrected chi connectivity index (χ1v) is 7.83. The molecule has 1 aromatic carbocycles. The van der Waals surface area contributed by atoms with Crippen LogP contribution in [0.4, 0.5) is 11.4 Å². The molecule has 1 heterocycles. The number of aromatic nitrogens is 1. The van der Waals surface area contributed by atoms with Gasteiger partial charge in [0, 0.05) is 30.7 Å². The van der Waals surface area contributed by atoms with E-state index in [4.69, 9.17) is 0 Å². The molecule has 4 nitrogen and oxygen atoms in total. The third kappa shape index (κ3) is 4.07. The van der Waals surface area contributed by atoms with Gasteiger partial charge in [-0.3, -0.25) is 9.78 Å². The monoisotopic (exact) mass is 297 g/mol. The van der Waals surface area contributed by atoms with Crippen LogP contribution in [0.2, 0.25) is 0 Å². The number of amides is 1. The fraction of sp³-hybridized carbons (Fsp3) is 0.333. The third-order valence-corrected chi connectivity index (χ3v) is 3.47. The van der Waals surface area contributed by atoms with Crippen molar-refractivity contribution in [3.63, 3.8) is 0 Å². The molecule has 0 aliphatic heterocycles. The second-order valence-corrected chi connectivity index (χ2v) is 5.10. The molecular weight excluding hydrogens is 274 g/mol. The van der Waals surface area contributed by atoms with Crippen molar-refractivity contribution in [2.75, 3.05) is 23.3 Å². The van der Waals surface area contributed by atoms with Gasteiger partial charge in [-0.25, -0.2) is 0 Å². The van der Waals surface area contributed by atoms with Gasteiger partial charge in [-0.15, -0.1) is 0 Å². The molecule has 0 atom stereocenters. The maximum absolute atomic E-state index is 12.7. The number of unbranched alkanes of at least 4 members (excludes halogenated alkanes) is 1. The van der Waals surface area contributed by atoms with Crippen molar-refractivity contribution in [1.82, 2.24) is 4.98 Å². The molecule has 22 heavy (non-hydrogen) atoms. The Morgan fingerprint density at radius 3 is 2.64 bits per heavy atom. The summed E-state index contributed by atoms with van der Waals surface area (Å²) in [6.45, 7) is 5.64. The molecule has 0 unspecified atom stereocenters. The van der Waals surface area contributed by atoms with Gasteiger partial charge in [-0.2, -0.15) is 0 Å². The number of carbonyl (C=O) groups excluding carboxylic acids is 1. The number of nitrogens with zero attached hydrogens (tertiary/aromatic N) is 2. The van der Waals surface area contributed by atoms with Crippen molar-refractivity contribution in [3.8, 4) is 0 Å². The van der Waals surface area contributed by atoms with Crippen LogP contribution >= 0.6 is 0 Å². The van der Waals surface area contributed by atoms with Crippen LogP contribution in [0.25, 0.3) is 0 Å². The quantitative estimate of drug-likeness (QED) is 0.787. The number of nitrogens with one attached hydrogen (secondary N) is 1. The van der Waals surface area contributed by atoms with Gasteiger partial charge in [0.25, 0.3) is 5.91 Å². The predicted octanol–water partition coefficient (Wildman–Crippen LogP) is 3.96. The summed E-state index contributed by atoms with van der Waals surface area (Å²) in [6, 6.07) is 13.4. The number of rotatable bonds is 7. The van der Waals surface area contributed by atoms with Crippen molar-refractivity contribution in [1.29, 1.82) is 0 Å². The minimum absolute atomic E-state index is 0.0761. The van der Waals surface area contributed by atoms with E-state index >= 15 is 0 Å². The Hall–Kier alpha value is -2.36. The highest BCUT2D eigenvalue weighted by atomic mass is 16.2. The maximum Gasteiger partial charge on any atom is 0.276 e. The molecule has 0 aliphatic rings. The number of pyridine rings is 1. The van der Waals surface area contributed by atoms with E-state index in [1.54, 1.807) is 11.1 Å². The predicted molar refractivity (Wildman–Crippen MR) is 91.4 cm³/mol. The molecular formula is C18H23N3O. The highest BCUT2D eigenvalue weighted by Crippen LogP contribution is 2.17. The Balaban J connectivity index is 2.15. The molecule has 2 aromatic rings. The third-order valence-electron chi connectivity index (χ3n) is 3.47. The highest BCUT2D eigenvalue weighted by molar-refractivity contribution is 6.05. The topological polar surface area (TPSA) is 45.2 Å².